The van der Waals surface area contributed by atoms with Gasteiger partial charge in [-0.15, -0.1) is 0 Å². The Morgan fingerprint density at radius 2 is 1.80 bits per heavy atom. The van der Waals surface area contributed by atoms with Gasteiger partial charge in [0.2, 0.25) is 5.82 Å². The largest absolute Gasteiger partial charge is 0.268 e. The van der Waals surface area contributed by atoms with Crippen LogP contribution in [0.25, 0.3) is 16.6 Å². The maximum atomic E-state index is 12.6. The minimum atomic E-state index is -0.305. The van der Waals surface area contributed by atoms with Crippen molar-refractivity contribution in [1.82, 2.24) is 9.55 Å². The van der Waals surface area contributed by atoms with Gasteiger partial charge in [0.25, 0.3) is 5.56 Å². The summed E-state index contributed by atoms with van der Waals surface area (Å²) in [5.74, 6) is 0.0156. The van der Waals surface area contributed by atoms with Crippen LogP contribution in [0.2, 0.25) is 5.02 Å². The lowest BCUT2D eigenvalue weighted by molar-refractivity contribution is 0.933. The zero-order valence-corrected chi connectivity index (χ0v) is 11.0. The highest BCUT2D eigenvalue weighted by molar-refractivity contribution is 6.32. The van der Waals surface area contributed by atoms with Crippen molar-refractivity contribution in [1.29, 1.82) is 5.26 Å². The average Bonchev–Trinajstić information content (AvgIpc) is 2.48. The van der Waals surface area contributed by atoms with Gasteiger partial charge in [-0.2, -0.15) is 5.26 Å². The third-order valence-corrected chi connectivity index (χ3v) is 3.29. The molecule has 1 aromatic heterocycles. The number of hydrogen-bond acceptors (Lipinski definition) is 3. The van der Waals surface area contributed by atoms with E-state index < -0.39 is 0 Å². The number of halogens is 1. The summed E-state index contributed by atoms with van der Waals surface area (Å²) in [7, 11) is 0. The topological polar surface area (TPSA) is 58.7 Å². The Morgan fingerprint density at radius 3 is 2.55 bits per heavy atom. The first-order valence-corrected chi connectivity index (χ1v) is 6.27. The summed E-state index contributed by atoms with van der Waals surface area (Å²) in [5.41, 5.74) is 0.645. The molecule has 1 heterocycles. The molecule has 0 unspecified atom stereocenters. The van der Waals surface area contributed by atoms with Crippen molar-refractivity contribution in [3.63, 3.8) is 0 Å². The van der Waals surface area contributed by atoms with Crippen LogP contribution in [0.4, 0.5) is 0 Å². The molecule has 5 heteroatoms. The van der Waals surface area contributed by atoms with E-state index in [0.29, 0.717) is 21.6 Å². The minimum absolute atomic E-state index is 0.0156. The highest BCUT2D eigenvalue weighted by atomic mass is 35.5. The number of nitriles is 1. The number of rotatable bonds is 1. The molecule has 0 aliphatic rings. The highest BCUT2D eigenvalue weighted by Gasteiger charge is 2.13. The fourth-order valence-electron chi connectivity index (χ4n) is 2.06. The number of fused-ring (bicyclic) bond motifs is 1. The van der Waals surface area contributed by atoms with Crippen LogP contribution in [0.5, 0.6) is 0 Å². The predicted octanol–water partition coefficient (Wildman–Crippen LogP) is 2.91. The fourth-order valence-corrected chi connectivity index (χ4v) is 2.28. The van der Waals surface area contributed by atoms with E-state index in [2.05, 4.69) is 4.98 Å². The van der Waals surface area contributed by atoms with Gasteiger partial charge in [-0.1, -0.05) is 35.9 Å². The molecule has 0 saturated carbocycles. The Hall–Kier alpha value is -2.64. The lowest BCUT2D eigenvalue weighted by Crippen LogP contribution is -2.22. The van der Waals surface area contributed by atoms with Gasteiger partial charge < -0.3 is 0 Å². The van der Waals surface area contributed by atoms with Crippen LogP contribution in [0.1, 0.15) is 5.82 Å². The number of benzene rings is 2. The molecule has 0 spiro atoms. The van der Waals surface area contributed by atoms with Crippen molar-refractivity contribution in [2.45, 2.75) is 0 Å². The van der Waals surface area contributed by atoms with Crippen LogP contribution < -0.4 is 5.56 Å². The first kappa shape index (κ1) is 12.4. The van der Waals surface area contributed by atoms with Crippen molar-refractivity contribution >= 4 is 22.5 Å². The van der Waals surface area contributed by atoms with Gasteiger partial charge in [-0.05, 0) is 24.3 Å². The molecular formula is C15H8ClN3O. The van der Waals surface area contributed by atoms with Crippen molar-refractivity contribution in [3.8, 4) is 11.8 Å². The van der Waals surface area contributed by atoms with Gasteiger partial charge in [0.15, 0.2) is 0 Å². The summed E-state index contributed by atoms with van der Waals surface area (Å²) in [6, 6.07) is 15.7. The van der Waals surface area contributed by atoms with Crippen LogP contribution in [-0.2, 0) is 0 Å². The normalized spacial score (nSPS) is 10.4. The summed E-state index contributed by atoms with van der Waals surface area (Å²) >= 11 is 6.11. The molecule has 0 atom stereocenters. The van der Waals surface area contributed by atoms with Crippen LogP contribution in [0, 0.1) is 11.3 Å². The fraction of sp³-hybridized carbons (Fsp3) is 0. The number of aromatic nitrogens is 2. The van der Waals surface area contributed by atoms with Gasteiger partial charge in [0.1, 0.15) is 6.07 Å². The second kappa shape index (κ2) is 4.80. The SMILES string of the molecule is N#Cc1nc2ccccc2c(=O)n1-c1ccccc1Cl. The van der Waals surface area contributed by atoms with E-state index in [1.54, 1.807) is 48.5 Å². The van der Waals surface area contributed by atoms with Gasteiger partial charge in [0, 0.05) is 0 Å². The Morgan fingerprint density at radius 1 is 1.10 bits per heavy atom. The maximum absolute atomic E-state index is 12.6. The standard InChI is InChI=1S/C15H8ClN3O/c16-11-6-2-4-8-13(11)19-14(9-17)18-12-7-3-1-5-10(12)15(19)20/h1-8H. The molecule has 0 aliphatic carbocycles. The molecular weight excluding hydrogens is 274 g/mol. The lowest BCUT2D eigenvalue weighted by atomic mass is 10.2. The Bertz CT molecular complexity index is 909. The quantitative estimate of drug-likeness (QED) is 0.689. The molecule has 0 bridgehead atoms. The highest BCUT2D eigenvalue weighted by Crippen LogP contribution is 2.20. The molecule has 0 radical (unpaired) electrons. The van der Waals surface area contributed by atoms with E-state index in [1.807, 2.05) is 6.07 Å². The summed E-state index contributed by atoms with van der Waals surface area (Å²) < 4.78 is 1.24. The summed E-state index contributed by atoms with van der Waals surface area (Å²) in [6.45, 7) is 0. The number of hydrogen-bond donors (Lipinski definition) is 0. The second-order valence-corrected chi connectivity index (χ2v) is 4.56. The van der Waals surface area contributed by atoms with E-state index in [0.717, 1.165) is 0 Å². The van der Waals surface area contributed by atoms with Crippen molar-refractivity contribution in [2.75, 3.05) is 0 Å². The van der Waals surface area contributed by atoms with Gasteiger partial charge in [0.05, 0.1) is 21.6 Å². The molecule has 0 N–H and O–H groups in total. The Labute approximate surface area is 119 Å². The van der Waals surface area contributed by atoms with Gasteiger partial charge in [-0.25, -0.2) is 4.98 Å². The monoisotopic (exact) mass is 281 g/mol. The molecule has 0 saturated heterocycles. The van der Waals surface area contributed by atoms with E-state index >= 15 is 0 Å². The summed E-state index contributed by atoms with van der Waals surface area (Å²) in [4.78, 5) is 16.8. The molecule has 2 aromatic carbocycles. The Kier molecular flexibility index (Phi) is 2.97. The second-order valence-electron chi connectivity index (χ2n) is 4.16. The van der Waals surface area contributed by atoms with Crippen molar-refractivity contribution in [2.24, 2.45) is 0 Å². The predicted molar refractivity (Wildman–Crippen MR) is 77.1 cm³/mol. The first-order valence-electron chi connectivity index (χ1n) is 5.89. The molecule has 0 amide bonds. The van der Waals surface area contributed by atoms with E-state index in [9.17, 15) is 10.1 Å². The van der Waals surface area contributed by atoms with Crippen LogP contribution >= 0.6 is 11.6 Å². The molecule has 3 rings (SSSR count). The van der Waals surface area contributed by atoms with Crippen LogP contribution in [0.3, 0.4) is 0 Å². The molecule has 20 heavy (non-hydrogen) atoms. The van der Waals surface area contributed by atoms with Gasteiger partial charge in [-0.3, -0.25) is 9.36 Å². The smallest absolute Gasteiger partial charge is 0.266 e. The van der Waals surface area contributed by atoms with Crippen LogP contribution in [-0.4, -0.2) is 9.55 Å². The molecule has 4 nitrogen and oxygen atoms in total. The number of nitrogens with zero attached hydrogens (tertiary/aromatic N) is 3. The van der Waals surface area contributed by atoms with E-state index in [-0.39, 0.29) is 11.4 Å². The third-order valence-electron chi connectivity index (χ3n) is 2.97. The molecule has 0 aliphatic heterocycles. The van der Waals surface area contributed by atoms with E-state index in [4.69, 9.17) is 11.6 Å². The third kappa shape index (κ3) is 1.85. The van der Waals surface area contributed by atoms with Crippen molar-refractivity contribution < 1.29 is 0 Å². The first-order chi connectivity index (χ1) is 9.72. The van der Waals surface area contributed by atoms with Gasteiger partial charge >= 0.3 is 0 Å². The Balaban J connectivity index is 2.48. The zero-order chi connectivity index (χ0) is 14.1. The lowest BCUT2D eigenvalue weighted by Gasteiger charge is -2.10. The average molecular weight is 282 g/mol. The summed E-state index contributed by atoms with van der Waals surface area (Å²) in [6.07, 6.45) is 0. The molecule has 0 fully saturated rings. The van der Waals surface area contributed by atoms with E-state index in [1.165, 1.54) is 4.57 Å². The zero-order valence-electron chi connectivity index (χ0n) is 10.2. The molecule has 3 aromatic rings. The minimum Gasteiger partial charge on any atom is -0.268 e. The molecule has 96 valence electrons. The summed E-state index contributed by atoms with van der Waals surface area (Å²) in [5, 5.41) is 10.1. The number of para-hydroxylation sites is 2. The maximum Gasteiger partial charge on any atom is 0.266 e. The van der Waals surface area contributed by atoms with Crippen molar-refractivity contribution in [3.05, 3.63) is 69.7 Å². The van der Waals surface area contributed by atoms with Crippen LogP contribution in [0.15, 0.2) is 53.3 Å².